The van der Waals surface area contributed by atoms with Crippen molar-refractivity contribution in [2.75, 3.05) is 6.54 Å². The molecule has 4 rings (SSSR count). The lowest BCUT2D eigenvalue weighted by Gasteiger charge is -2.32. The molecule has 5 nitrogen and oxygen atoms in total. The highest BCUT2D eigenvalue weighted by Gasteiger charge is 2.32. The molecule has 0 saturated heterocycles. The highest BCUT2D eigenvalue weighted by Crippen LogP contribution is 2.29. The van der Waals surface area contributed by atoms with Gasteiger partial charge in [-0.2, -0.15) is 0 Å². The van der Waals surface area contributed by atoms with Gasteiger partial charge in [0.1, 0.15) is 0 Å². The highest BCUT2D eigenvalue weighted by molar-refractivity contribution is 7.09. The maximum Gasteiger partial charge on any atom is 0.312 e. The molecule has 2 heterocycles. The zero-order valence-corrected chi connectivity index (χ0v) is 16.1. The predicted octanol–water partition coefficient (Wildman–Crippen LogP) is 3.49. The van der Waals surface area contributed by atoms with Crippen LogP contribution in [0.25, 0.3) is 0 Å². The number of amides is 1. The van der Waals surface area contributed by atoms with Crippen LogP contribution in [0.5, 0.6) is 0 Å². The topological polar surface area (TPSA) is 70.5 Å². The maximum absolute atomic E-state index is 12.8. The third kappa shape index (κ3) is 3.97. The fourth-order valence-electron chi connectivity index (χ4n) is 3.56. The van der Waals surface area contributed by atoms with Gasteiger partial charge in [0, 0.05) is 24.9 Å². The second-order valence-electron chi connectivity index (χ2n) is 6.94. The lowest BCUT2D eigenvalue weighted by atomic mass is 9.89. The number of fused-ring (bicyclic) bond motifs is 1. The van der Waals surface area contributed by atoms with E-state index in [0.717, 1.165) is 28.2 Å². The number of carboxylic acid groups (broad SMARTS) is 1. The molecule has 2 aromatic carbocycles. The molecule has 0 aliphatic carbocycles. The van der Waals surface area contributed by atoms with Crippen LogP contribution in [0.4, 0.5) is 0 Å². The molecule has 142 valence electrons. The predicted molar refractivity (Wildman–Crippen MR) is 107 cm³/mol. The molecule has 1 aliphatic heterocycles. The SMILES string of the molecule is O=C(O)C1CN(C(=O)Cc2csc(Cc3ccccc3)n2)Cc2ccccc21. The molecule has 1 N–H and O–H groups in total. The van der Waals surface area contributed by atoms with Gasteiger partial charge in [0.2, 0.25) is 5.91 Å². The second kappa shape index (κ2) is 7.94. The molecule has 0 radical (unpaired) electrons. The quantitative estimate of drug-likeness (QED) is 0.722. The van der Waals surface area contributed by atoms with Crippen molar-refractivity contribution in [1.29, 1.82) is 0 Å². The molecule has 1 amide bonds. The molecule has 1 aliphatic rings. The Labute approximate surface area is 167 Å². The van der Waals surface area contributed by atoms with Gasteiger partial charge in [-0.05, 0) is 16.7 Å². The Balaban J connectivity index is 1.45. The van der Waals surface area contributed by atoms with Crippen LogP contribution < -0.4 is 0 Å². The van der Waals surface area contributed by atoms with Crippen LogP contribution in [0.3, 0.4) is 0 Å². The third-order valence-electron chi connectivity index (χ3n) is 4.98. The summed E-state index contributed by atoms with van der Waals surface area (Å²) in [4.78, 5) is 30.7. The standard InChI is InChI=1S/C22H20N2O3S/c25-21(11-17-14-28-20(23-17)10-15-6-2-1-3-7-15)24-12-16-8-4-5-9-18(16)19(13-24)22(26)27/h1-9,14,19H,10-13H2,(H,26,27). The van der Waals surface area contributed by atoms with E-state index in [9.17, 15) is 14.7 Å². The van der Waals surface area contributed by atoms with E-state index in [2.05, 4.69) is 17.1 Å². The number of nitrogens with zero attached hydrogens (tertiary/aromatic N) is 2. The number of hydrogen-bond donors (Lipinski definition) is 1. The molecule has 0 spiro atoms. The average Bonchev–Trinajstić information content (AvgIpc) is 3.14. The monoisotopic (exact) mass is 392 g/mol. The molecule has 1 aromatic heterocycles. The van der Waals surface area contributed by atoms with Crippen molar-refractivity contribution >= 4 is 23.2 Å². The first-order valence-corrected chi connectivity index (χ1v) is 10.0. The second-order valence-corrected chi connectivity index (χ2v) is 7.88. The summed E-state index contributed by atoms with van der Waals surface area (Å²) in [6.07, 6.45) is 0.942. The van der Waals surface area contributed by atoms with E-state index in [4.69, 9.17) is 0 Å². The molecule has 1 atom stereocenters. The Kier molecular flexibility index (Phi) is 5.21. The number of thiazole rings is 1. The fourth-order valence-corrected chi connectivity index (χ4v) is 4.38. The lowest BCUT2D eigenvalue weighted by Crippen LogP contribution is -2.41. The number of aromatic nitrogens is 1. The Morgan fingerprint density at radius 2 is 1.86 bits per heavy atom. The summed E-state index contributed by atoms with van der Waals surface area (Å²) in [5, 5.41) is 12.5. The first-order chi connectivity index (χ1) is 13.6. The number of benzene rings is 2. The van der Waals surface area contributed by atoms with Gasteiger partial charge in [0.25, 0.3) is 0 Å². The number of carbonyl (C=O) groups excluding carboxylic acids is 1. The van der Waals surface area contributed by atoms with E-state index in [-0.39, 0.29) is 18.9 Å². The molecule has 1 unspecified atom stereocenters. The van der Waals surface area contributed by atoms with Gasteiger partial charge in [0.05, 0.1) is 23.0 Å². The zero-order valence-electron chi connectivity index (χ0n) is 15.2. The third-order valence-corrected chi connectivity index (χ3v) is 5.87. The van der Waals surface area contributed by atoms with E-state index in [1.807, 2.05) is 47.8 Å². The van der Waals surface area contributed by atoms with E-state index >= 15 is 0 Å². The van der Waals surface area contributed by atoms with Crippen molar-refractivity contribution < 1.29 is 14.7 Å². The molecular formula is C22H20N2O3S. The van der Waals surface area contributed by atoms with Gasteiger partial charge < -0.3 is 10.0 Å². The zero-order chi connectivity index (χ0) is 19.5. The van der Waals surface area contributed by atoms with Crippen molar-refractivity contribution in [2.45, 2.75) is 25.3 Å². The number of rotatable bonds is 5. The summed E-state index contributed by atoms with van der Waals surface area (Å²) in [5.41, 5.74) is 3.63. The maximum atomic E-state index is 12.8. The Morgan fingerprint density at radius 1 is 1.11 bits per heavy atom. The van der Waals surface area contributed by atoms with Gasteiger partial charge in [-0.1, -0.05) is 54.6 Å². The largest absolute Gasteiger partial charge is 0.481 e. The van der Waals surface area contributed by atoms with Crippen LogP contribution in [0, 0.1) is 0 Å². The minimum absolute atomic E-state index is 0.0858. The highest BCUT2D eigenvalue weighted by atomic mass is 32.1. The van der Waals surface area contributed by atoms with Crippen molar-refractivity contribution in [3.05, 3.63) is 87.4 Å². The molecule has 0 fully saturated rings. The summed E-state index contributed by atoms with van der Waals surface area (Å²) in [6.45, 7) is 0.645. The number of carboxylic acids is 1. The number of aliphatic carboxylic acids is 1. The summed E-state index contributed by atoms with van der Waals surface area (Å²) in [7, 11) is 0. The summed E-state index contributed by atoms with van der Waals surface area (Å²) >= 11 is 1.55. The molecule has 0 saturated carbocycles. The summed E-state index contributed by atoms with van der Waals surface area (Å²) in [5.74, 6) is -1.67. The molecule has 6 heteroatoms. The van der Waals surface area contributed by atoms with Crippen molar-refractivity contribution in [3.63, 3.8) is 0 Å². The van der Waals surface area contributed by atoms with Gasteiger partial charge >= 0.3 is 5.97 Å². The van der Waals surface area contributed by atoms with Crippen molar-refractivity contribution in [1.82, 2.24) is 9.88 Å². The molecular weight excluding hydrogens is 372 g/mol. The van der Waals surface area contributed by atoms with Crippen LogP contribution in [0.1, 0.15) is 33.3 Å². The van der Waals surface area contributed by atoms with Crippen molar-refractivity contribution in [3.8, 4) is 0 Å². The van der Waals surface area contributed by atoms with E-state index in [1.54, 1.807) is 16.2 Å². The van der Waals surface area contributed by atoms with Crippen LogP contribution in [0.2, 0.25) is 0 Å². The number of carbonyl (C=O) groups is 2. The molecule has 3 aromatic rings. The minimum atomic E-state index is -0.899. The van der Waals surface area contributed by atoms with Crippen molar-refractivity contribution in [2.24, 2.45) is 0 Å². The van der Waals surface area contributed by atoms with Crippen LogP contribution >= 0.6 is 11.3 Å². The first kappa shape index (κ1) is 18.4. The number of hydrogen-bond acceptors (Lipinski definition) is 4. The Hall–Kier alpha value is -2.99. The van der Waals surface area contributed by atoms with E-state index in [0.29, 0.717) is 6.54 Å². The van der Waals surface area contributed by atoms with Gasteiger partial charge in [-0.25, -0.2) is 4.98 Å². The summed E-state index contributed by atoms with van der Waals surface area (Å²) < 4.78 is 0. The van der Waals surface area contributed by atoms with Crippen LogP contribution in [-0.2, 0) is 29.0 Å². The minimum Gasteiger partial charge on any atom is -0.481 e. The van der Waals surface area contributed by atoms with Gasteiger partial charge in [-0.15, -0.1) is 11.3 Å². The molecule has 28 heavy (non-hydrogen) atoms. The Morgan fingerprint density at radius 3 is 2.64 bits per heavy atom. The molecule has 0 bridgehead atoms. The van der Waals surface area contributed by atoms with E-state index in [1.165, 1.54) is 5.56 Å². The Bertz CT molecular complexity index is 1000. The van der Waals surface area contributed by atoms with Gasteiger partial charge in [0.15, 0.2) is 0 Å². The first-order valence-electron chi connectivity index (χ1n) is 9.16. The summed E-state index contributed by atoms with van der Waals surface area (Å²) in [6, 6.07) is 17.6. The van der Waals surface area contributed by atoms with Crippen LogP contribution in [-0.4, -0.2) is 33.4 Å². The normalized spacial score (nSPS) is 15.9. The smallest absolute Gasteiger partial charge is 0.312 e. The van der Waals surface area contributed by atoms with Crippen LogP contribution in [0.15, 0.2) is 60.0 Å². The van der Waals surface area contributed by atoms with Gasteiger partial charge in [-0.3, -0.25) is 9.59 Å². The fraction of sp³-hybridized carbons (Fsp3) is 0.227. The van der Waals surface area contributed by atoms with E-state index < -0.39 is 11.9 Å². The lowest BCUT2D eigenvalue weighted by molar-refractivity contribution is -0.141. The average molecular weight is 392 g/mol.